The van der Waals surface area contributed by atoms with Gasteiger partial charge in [-0.25, -0.2) is 4.79 Å². The molecule has 0 aliphatic carbocycles. The van der Waals surface area contributed by atoms with E-state index in [1.807, 2.05) is 36.4 Å². The van der Waals surface area contributed by atoms with Crippen molar-refractivity contribution >= 4 is 22.7 Å². The van der Waals surface area contributed by atoms with E-state index in [4.69, 9.17) is 4.74 Å². The Morgan fingerprint density at radius 2 is 1.73 bits per heavy atom. The zero-order valence-electron chi connectivity index (χ0n) is 17.7. The summed E-state index contributed by atoms with van der Waals surface area (Å²) in [5.74, 6) is -0.0495. The van der Waals surface area contributed by atoms with Gasteiger partial charge in [-0.1, -0.05) is 48.5 Å². The maximum atomic E-state index is 13.0. The maximum Gasteiger partial charge on any atom is 0.387 e. The summed E-state index contributed by atoms with van der Waals surface area (Å²) in [6.07, 6.45) is -1.12. The van der Waals surface area contributed by atoms with Crippen molar-refractivity contribution in [3.8, 4) is 11.5 Å². The number of fused-ring (bicyclic) bond motifs is 1. The minimum atomic E-state index is -2.97. The molecular weight excluding hydrogens is 434 g/mol. The third-order valence-electron chi connectivity index (χ3n) is 5.51. The number of carbonyl (C=O) groups is 2. The first-order valence-corrected chi connectivity index (χ1v) is 10.3. The van der Waals surface area contributed by atoms with Crippen molar-refractivity contribution in [2.24, 2.45) is 0 Å². The molecule has 3 amide bonds. The van der Waals surface area contributed by atoms with Gasteiger partial charge < -0.3 is 19.9 Å². The van der Waals surface area contributed by atoms with Crippen molar-refractivity contribution in [2.75, 3.05) is 13.2 Å². The smallest absolute Gasteiger partial charge is 0.387 e. The van der Waals surface area contributed by atoms with Gasteiger partial charge in [-0.2, -0.15) is 8.78 Å². The van der Waals surface area contributed by atoms with Gasteiger partial charge in [-0.15, -0.1) is 0 Å². The van der Waals surface area contributed by atoms with Crippen molar-refractivity contribution < 1.29 is 33.0 Å². The summed E-state index contributed by atoms with van der Waals surface area (Å²) in [6, 6.07) is 18.0. The molecule has 0 radical (unpaired) electrons. The summed E-state index contributed by atoms with van der Waals surface area (Å²) < 4.78 is 34.8. The first kappa shape index (κ1) is 22.5. The van der Waals surface area contributed by atoms with Crippen molar-refractivity contribution in [1.82, 2.24) is 10.2 Å². The van der Waals surface area contributed by atoms with E-state index in [2.05, 4.69) is 10.1 Å². The molecule has 7 nitrogen and oxygen atoms in total. The number of aliphatic hydroxyl groups is 1. The second kappa shape index (κ2) is 9.03. The minimum absolute atomic E-state index is 0.0630. The van der Waals surface area contributed by atoms with E-state index >= 15 is 0 Å². The van der Waals surface area contributed by atoms with Crippen LogP contribution < -0.4 is 14.8 Å². The number of urea groups is 1. The molecule has 3 aromatic carbocycles. The van der Waals surface area contributed by atoms with E-state index in [0.717, 1.165) is 15.7 Å². The third-order valence-corrected chi connectivity index (χ3v) is 5.51. The molecule has 0 spiro atoms. The summed E-state index contributed by atoms with van der Waals surface area (Å²) >= 11 is 0. The zero-order valence-corrected chi connectivity index (χ0v) is 17.7. The molecule has 4 rings (SSSR count). The van der Waals surface area contributed by atoms with E-state index in [-0.39, 0.29) is 18.9 Å². The molecule has 0 saturated carbocycles. The van der Waals surface area contributed by atoms with Gasteiger partial charge in [-0.3, -0.25) is 9.69 Å². The van der Waals surface area contributed by atoms with Crippen LogP contribution in [-0.2, 0) is 10.3 Å². The number of β-amino-alcohol motifs (C(OH)–C–C–N with tert-alkyl or cyclic N) is 1. The fraction of sp³-hybridized carbons (Fsp3) is 0.250. The molecule has 0 bridgehead atoms. The van der Waals surface area contributed by atoms with Crippen LogP contribution in [0.1, 0.15) is 12.5 Å². The van der Waals surface area contributed by atoms with Crippen LogP contribution in [0.2, 0.25) is 0 Å². The van der Waals surface area contributed by atoms with Crippen LogP contribution in [0.5, 0.6) is 11.5 Å². The number of carbonyl (C=O) groups excluding carboxylic acids is 2. The number of alkyl halides is 2. The highest BCUT2D eigenvalue weighted by Gasteiger charge is 2.49. The fourth-order valence-electron chi connectivity index (χ4n) is 3.80. The first-order chi connectivity index (χ1) is 15.8. The van der Waals surface area contributed by atoms with Crippen LogP contribution in [0.15, 0.2) is 66.7 Å². The average Bonchev–Trinajstić information content (AvgIpc) is 3.01. The summed E-state index contributed by atoms with van der Waals surface area (Å²) in [5.41, 5.74) is -1.01. The molecule has 1 aliphatic heterocycles. The molecule has 1 saturated heterocycles. The van der Waals surface area contributed by atoms with Crippen LogP contribution in [0.25, 0.3) is 10.8 Å². The standard InChI is InChI=1S/C24H22F2N2O5/c1-24(16-9-11-18(12-10-16)33-22(25)26)21(30)28(23(31)27-24)13-17(29)14-32-20-8-4-6-15-5-2-3-7-19(15)20/h2-12,17,22,29H,13-14H2,1H3,(H,27,31). The Balaban J connectivity index is 1.42. The lowest BCUT2D eigenvalue weighted by molar-refractivity contribution is -0.132. The van der Waals surface area contributed by atoms with Gasteiger partial charge in [0.05, 0.1) is 6.54 Å². The second-order valence-corrected chi connectivity index (χ2v) is 7.82. The number of nitrogens with zero attached hydrogens (tertiary/aromatic N) is 1. The van der Waals surface area contributed by atoms with Crippen LogP contribution >= 0.6 is 0 Å². The highest BCUT2D eigenvalue weighted by molar-refractivity contribution is 6.07. The fourth-order valence-corrected chi connectivity index (χ4v) is 3.80. The van der Waals surface area contributed by atoms with E-state index in [1.54, 1.807) is 6.07 Å². The van der Waals surface area contributed by atoms with Crippen molar-refractivity contribution in [2.45, 2.75) is 25.2 Å². The Hall–Kier alpha value is -3.72. The van der Waals surface area contributed by atoms with Gasteiger partial charge in [-0.05, 0) is 36.1 Å². The number of benzene rings is 3. The molecule has 1 aliphatic rings. The number of hydrogen-bond acceptors (Lipinski definition) is 5. The summed E-state index contributed by atoms with van der Waals surface area (Å²) in [6.45, 7) is -1.85. The zero-order chi connectivity index (χ0) is 23.6. The molecule has 9 heteroatoms. The SMILES string of the molecule is CC1(c2ccc(OC(F)F)cc2)NC(=O)N(CC(O)COc2cccc3ccccc23)C1=O. The largest absolute Gasteiger partial charge is 0.490 e. The van der Waals surface area contributed by atoms with Gasteiger partial charge in [0.1, 0.15) is 29.7 Å². The predicted molar refractivity (Wildman–Crippen MR) is 116 cm³/mol. The molecule has 2 N–H and O–H groups in total. The molecule has 1 heterocycles. The lowest BCUT2D eigenvalue weighted by Crippen LogP contribution is -2.42. The highest BCUT2D eigenvalue weighted by atomic mass is 19.3. The number of rotatable bonds is 8. The molecule has 33 heavy (non-hydrogen) atoms. The number of hydrogen-bond donors (Lipinski definition) is 2. The number of nitrogens with one attached hydrogen (secondary N) is 1. The molecule has 172 valence electrons. The summed E-state index contributed by atoms with van der Waals surface area (Å²) in [5, 5.41) is 14.9. The van der Waals surface area contributed by atoms with Gasteiger partial charge >= 0.3 is 12.6 Å². The molecule has 3 aromatic rings. The Labute approximate surface area is 188 Å². The summed E-state index contributed by atoms with van der Waals surface area (Å²) in [4.78, 5) is 26.4. The predicted octanol–water partition coefficient (Wildman–Crippen LogP) is 3.65. The van der Waals surface area contributed by atoms with E-state index in [9.17, 15) is 23.5 Å². The molecule has 0 aromatic heterocycles. The molecule has 1 fully saturated rings. The number of amides is 3. The van der Waals surface area contributed by atoms with Crippen LogP contribution in [0.4, 0.5) is 13.6 Å². The van der Waals surface area contributed by atoms with Crippen molar-refractivity contribution in [3.63, 3.8) is 0 Å². The third kappa shape index (κ3) is 4.58. The van der Waals surface area contributed by atoms with E-state index < -0.39 is 30.2 Å². The maximum absolute atomic E-state index is 13.0. The van der Waals surface area contributed by atoms with Crippen LogP contribution in [0.3, 0.4) is 0 Å². The summed E-state index contributed by atoms with van der Waals surface area (Å²) in [7, 11) is 0. The van der Waals surface area contributed by atoms with E-state index in [0.29, 0.717) is 11.3 Å². The van der Waals surface area contributed by atoms with Gasteiger partial charge in [0.25, 0.3) is 5.91 Å². The molecule has 2 unspecified atom stereocenters. The lowest BCUT2D eigenvalue weighted by Gasteiger charge is -2.23. The Morgan fingerprint density at radius 1 is 1.03 bits per heavy atom. The second-order valence-electron chi connectivity index (χ2n) is 7.82. The molecular formula is C24H22F2N2O5. The van der Waals surface area contributed by atoms with Crippen molar-refractivity contribution in [1.29, 1.82) is 0 Å². The average molecular weight is 456 g/mol. The Morgan fingerprint density at radius 3 is 2.45 bits per heavy atom. The number of imide groups is 1. The van der Waals surface area contributed by atoms with Gasteiger partial charge in [0.15, 0.2) is 0 Å². The van der Waals surface area contributed by atoms with Crippen LogP contribution in [-0.4, -0.2) is 47.8 Å². The number of halogens is 2. The normalized spacial score (nSPS) is 19.1. The van der Waals surface area contributed by atoms with Crippen LogP contribution in [0, 0.1) is 0 Å². The van der Waals surface area contributed by atoms with E-state index in [1.165, 1.54) is 31.2 Å². The van der Waals surface area contributed by atoms with Crippen molar-refractivity contribution in [3.05, 3.63) is 72.3 Å². The van der Waals surface area contributed by atoms with Gasteiger partial charge in [0, 0.05) is 5.39 Å². The van der Waals surface area contributed by atoms with Gasteiger partial charge in [0.2, 0.25) is 0 Å². The first-order valence-electron chi connectivity index (χ1n) is 10.3. The minimum Gasteiger partial charge on any atom is -0.490 e. The topological polar surface area (TPSA) is 88.1 Å². The number of ether oxygens (including phenoxy) is 2. The Bertz CT molecular complexity index is 1170. The number of aliphatic hydroxyl groups excluding tert-OH is 1. The Kier molecular flexibility index (Phi) is 6.15. The highest BCUT2D eigenvalue weighted by Crippen LogP contribution is 2.31. The lowest BCUT2D eigenvalue weighted by atomic mass is 9.92. The quantitative estimate of drug-likeness (QED) is 0.506. The monoisotopic (exact) mass is 456 g/mol. The molecule has 2 atom stereocenters.